The van der Waals surface area contributed by atoms with Gasteiger partial charge in [-0.15, -0.1) is 11.3 Å². The van der Waals surface area contributed by atoms with Gasteiger partial charge in [0.1, 0.15) is 5.82 Å². The van der Waals surface area contributed by atoms with Crippen molar-refractivity contribution in [3.63, 3.8) is 0 Å². The molecule has 4 nitrogen and oxygen atoms in total. The Labute approximate surface area is 122 Å². The Balaban J connectivity index is 1.51. The first-order valence-electron chi connectivity index (χ1n) is 7.07. The van der Waals surface area contributed by atoms with Gasteiger partial charge in [-0.2, -0.15) is 0 Å². The Morgan fingerprint density at radius 2 is 2.50 bits per heavy atom. The lowest BCUT2D eigenvalue weighted by atomic mass is 9.89. The van der Waals surface area contributed by atoms with E-state index in [1.54, 1.807) is 11.3 Å². The minimum absolute atomic E-state index is 0.0886. The Morgan fingerprint density at radius 3 is 3.30 bits per heavy atom. The van der Waals surface area contributed by atoms with Crippen LogP contribution in [-0.4, -0.2) is 22.4 Å². The first-order chi connectivity index (χ1) is 9.72. The Bertz CT molecular complexity index is 588. The zero-order chi connectivity index (χ0) is 13.9. The van der Waals surface area contributed by atoms with E-state index < -0.39 is 0 Å². The summed E-state index contributed by atoms with van der Waals surface area (Å²) in [6.45, 7) is 2.69. The van der Waals surface area contributed by atoms with E-state index in [-0.39, 0.29) is 11.8 Å². The second-order valence-electron chi connectivity index (χ2n) is 5.31. The number of carbonyl (C=O) groups excluding carboxylic acids is 1. The molecule has 1 amide bonds. The highest BCUT2D eigenvalue weighted by molar-refractivity contribution is 7.09. The normalized spacial score (nSPS) is 17.8. The molecule has 0 saturated carbocycles. The van der Waals surface area contributed by atoms with Gasteiger partial charge in [-0.05, 0) is 37.6 Å². The highest BCUT2D eigenvalue weighted by Gasteiger charge is 2.26. The van der Waals surface area contributed by atoms with E-state index in [1.807, 2.05) is 13.0 Å². The molecule has 5 heteroatoms. The quantitative estimate of drug-likeness (QED) is 0.907. The van der Waals surface area contributed by atoms with Crippen LogP contribution in [0, 0.1) is 12.8 Å². The minimum atomic E-state index is 0.0886. The molecular formula is C15H19N3OS. The van der Waals surface area contributed by atoms with Gasteiger partial charge >= 0.3 is 0 Å². The van der Waals surface area contributed by atoms with Crippen LogP contribution >= 0.6 is 11.3 Å². The molecule has 2 heterocycles. The van der Waals surface area contributed by atoms with Gasteiger partial charge in [0, 0.05) is 29.5 Å². The number of hydrogen-bond donors (Lipinski definition) is 2. The monoisotopic (exact) mass is 289 g/mol. The SMILES string of the molecule is Cc1nc2c([nH]1)C[C@H](C(=O)NCCc1cccs1)CC2. The molecule has 0 aromatic carbocycles. The number of imidazole rings is 1. The summed E-state index contributed by atoms with van der Waals surface area (Å²) in [4.78, 5) is 21.2. The Morgan fingerprint density at radius 1 is 1.60 bits per heavy atom. The van der Waals surface area contributed by atoms with Gasteiger partial charge in [-0.25, -0.2) is 4.98 Å². The van der Waals surface area contributed by atoms with Crippen LogP contribution in [0.4, 0.5) is 0 Å². The molecule has 1 atom stereocenters. The number of carbonyl (C=O) groups is 1. The van der Waals surface area contributed by atoms with Crippen LogP contribution in [0.5, 0.6) is 0 Å². The number of rotatable bonds is 4. The van der Waals surface area contributed by atoms with Gasteiger partial charge in [-0.1, -0.05) is 6.07 Å². The third-order valence-corrected chi connectivity index (χ3v) is 4.72. The molecular weight excluding hydrogens is 270 g/mol. The van der Waals surface area contributed by atoms with Crippen molar-refractivity contribution in [1.82, 2.24) is 15.3 Å². The molecule has 20 heavy (non-hydrogen) atoms. The molecule has 0 unspecified atom stereocenters. The number of aromatic amines is 1. The Hall–Kier alpha value is -1.62. The lowest BCUT2D eigenvalue weighted by Crippen LogP contribution is -2.35. The van der Waals surface area contributed by atoms with Gasteiger partial charge < -0.3 is 10.3 Å². The number of aryl methyl sites for hydroxylation is 2. The Kier molecular flexibility index (Phi) is 3.87. The molecule has 2 aromatic heterocycles. The van der Waals surface area contributed by atoms with Crippen LogP contribution in [0.3, 0.4) is 0 Å². The lowest BCUT2D eigenvalue weighted by molar-refractivity contribution is -0.125. The summed E-state index contributed by atoms with van der Waals surface area (Å²) >= 11 is 1.74. The summed E-state index contributed by atoms with van der Waals surface area (Å²) < 4.78 is 0. The second-order valence-corrected chi connectivity index (χ2v) is 6.34. The van der Waals surface area contributed by atoms with E-state index >= 15 is 0 Å². The molecule has 0 saturated heterocycles. The van der Waals surface area contributed by atoms with Crippen molar-refractivity contribution in [3.05, 3.63) is 39.6 Å². The minimum Gasteiger partial charge on any atom is -0.355 e. The molecule has 1 aliphatic carbocycles. The molecule has 0 fully saturated rings. The summed E-state index contributed by atoms with van der Waals surface area (Å²) in [6, 6.07) is 4.15. The number of hydrogen-bond acceptors (Lipinski definition) is 3. The van der Waals surface area contributed by atoms with E-state index in [1.165, 1.54) is 4.88 Å². The zero-order valence-electron chi connectivity index (χ0n) is 11.6. The fraction of sp³-hybridized carbons (Fsp3) is 0.467. The molecule has 0 bridgehead atoms. The maximum atomic E-state index is 12.2. The number of fused-ring (bicyclic) bond motifs is 1. The van der Waals surface area contributed by atoms with Crippen LogP contribution in [0.2, 0.25) is 0 Å². The van der Waals surface area contributed by atoms with Crippen molar-refractivity contribution in [2.75, 3.05) is 6.54 Å². The maximum absolute atomic E-state index is 12.2. The predicted molar refractivity (Wildman–Crippen MR) is 79.9 cm³/mol. The lowest BCUT2D eigenvalue weighted by Gasteiger charge is -2.20. The van der Waals surface area contributed by atoms with Crippen molar-refractivity contribution in [3.8, 4) is 0 Å². The average Bonchev–Trinajstić information content (AvgIpc) is 3.05. The third-order valence-electron chi connectivity index (χ3n) is 3.78. The van der Waals surface area contributed by atoms with Crippen LogP contribution in [0.15, 0.2) is 17.5 Å². The number of amides is 1. The van der Waals surface area contributed by atoms with E-state index in [2.05, 4.69) is 26.7 Å². The molecule has 2 aromatic rings. The molecule has 0 aliphatic heterocycles. The summed E-state index contributed by atoms with van der Waals surface area (Å²) in [7, 11) is 0. The third kappa shape index (κ3) is 2.93. The average molecular weight is 289 g/mol. The fourth-order valence-electron chi connectivity index (χ4n) is 2.76. The van der Waals surface area contributed by atoms with Gasteiger partial charge in [0.2, 0.25) is 5.91 Å². The number of thiophene rings is 1. The standard InChI is InChI=1S/C15H19N3OS/c1-10-17-13-5-4-11(9-14(13)18-10)15(19)16-7-6-12-3-2-8-20-12/h2-3,8,11H,4-7,9H2,1H3,(H,16,19)(H,17,18)/t11-/m1/s1. The van der Waals surface area contributed by atoms with Gasteiger partial charge in [0.25, 0.3) is 0 Å². The highest BCUT2D eigenvalue weighted by atomic mass is 32.1. The molecule has 2 N–H and O–H groups in total. The van der Waals surface area contributed by atoms with Gasteiger partial charge in [0.15, 0.2) is 0 Å². The van der Waals surface area contributed by atoms with Crippen LogP contribution in [-0.2, 0) is 24.1 Å². The van der Waals surface area contributed by atoms with Crippen molar-refractivity contribution >= 4 is 17.2 Å². The highest BCUT2D eigenvalue weighted by Crippen LogP contribution is 2.23. The van der Waals surface area contributed by atoms with Crippen LogP contribution in [0.1, 0.15) is 28.5 Å². The number of nitrogens with one attached hydrogen (secondary N) is 2. The van der Waals surface area contributed by atoms with Crippen molar-refractivity contribution in [2.24, 2.45) is 5.92 Å². The molecule has 106 valence electrons. The van der Waals surface area contributed by atoms with Crippen LogP contribution < -0.4 is 5.32 Å². The van der Waals surface area contributed by atoms with Gasteiger partial charge in [0.05, 0.1) is 5.69 Å². The number of aromatic nitrogens is 2. The van der Waals surface area contributed by atoms with E-state index in [0.29, 0.717) is 0 Å². The second kappa shape index (κ2) is 5.79. The summed E-state index contributed by atoms with van der Waals surface area (Å²) in [6.07, 6.45) is 3.52. The summed E-state index contributed by atoms with van der Waals surface area (Å²) in [5.74, 6) is 1.22. The van der Waals surface area contributed by atoms with Crippen molar-refractivity contribution in [2.45, 2.75) is 32.6 Å². The largest absolute Gasteiger partial charge is 0.355 e. The smallest absolute Gasteiger partial charge is 0.223 e. The predicted octanol–water partition coefficient (Wildman–Crippen LogP) is 2.24. The molecule has 0 radical (unpaired) electrons. The fourth-order valence-corrected chi connectivity index (χ4v) is 3.46. The first-order valence-corrected chi connectivity index (χ1v) is 7.95. The zero-order valence-corrected chi connectivity index (χ0v) is 12.4. The molecule has 0 spiro atoms. The molecule has 1 aliphatic rings. The number of H-pyrrole nitrogens is 1. The van der Waals surface area contributed by atoms with Crippen molar-refractivity contribution in [1.29, 1.82) is 0 Å². The number of nitrogens with zero attached hydrogens (tertiary/aromatic N) is 1. The van der Waals surface area contributed by atoms with Gasteiger partial charge in [-0.3, -0.25) is 4.79 Å². The summed E-state index contributed by atoms with van der Waals surface area (Å²) in [5, 5.41) is 5.13. The van der Waals surface area contributed by atoms with E-state index in [4.69, 9.17) is 0 Å². The maximum Gasteiger partial charge on any atom is 0.223 e. The molecule has 3 rings (SSSR count). The van der Waals surface area contributed by atoms with Crippen molar-refractivity contribution < 1.29 is 4.79 Å². The topological polar surface area (TPSA) is 57.8 Å². The van der Waals surface area contributed by atoms with E-state index in [0.717, 1.165) is 49.4 Å². The first kappa shape index (κ1) is 13.4. The van der Waals surface area contributed by atoms with E-state index in [9.17, 15) is 4.79 Å². The summed E-state index contributed by atoms with van der Waals surface area (Å²) in [5.41, 5.74) is 2.29. The van der Waals surface area contributed by atoms with Crippen LogP contribution in [0.25, 0.3) is 0 Å².